The van der Waals surface area contributed by atoms with Crippen molar-refractivity contribution in [3.8, 4) is 11.5 Å². The van der Waals surface area contributed by atoms with E-state index >= 15 is 0 Å². The molecule has 2 amide bonds. The van der Waals surface area contributed by atoms with Crippen LogP contribution in [0.5, 0.6) is 11.5 Å². The maximum Gasteiger partial charge on any atom is 0.253 e. The number of halogens is 3. The zero-order chi connectivity index (χ0) is 31.8. The molecule has 0 unspecified atom stereocenters. The molecule has 4 aromatic carbocycles. The smallest absolute Gasteiger partial charge is 0.253 e. The van der Waals surface area contributed by atoms with E-state index in [1.807, 2.05) is 48.5 Å². The standard InChI is InChI=1S/C16H17FN2O2.C8H7F2NO.C8H11NO/c1-18-16(20)14-8-5-12(9-15(14)17)19-10-11-3-6-13(21-2)7-4-11;1-11-8(12)6-3-2-5(9)4-7(6)10;1-10-8-4-2-7(6-9)3-5-8/h3-9,19H,10H2,1-2H3,(H,18,20);2-4H,1H3,(H,11,12);2-5H,6,9H2,1H3. The minimum Gasteiger partial charge on any atom is -0.497 e. The molecule has 0 aromatic heterocycles. The van der Waals surface area contributed by atoms with E-state index in [1.165, 1.54) is 26.2 Å². The fraction of sp³-hybridized carbons (Fsp3) is 0.188. The fourth-order valence-electron chi connectivity index (χ4n) is 3.46. The van der Waals surface area contributed by atoms with Gasteiger partial charge in [-0.05, 0) is 65.7 Å². The Morgan fingerprint density at radius 1 is 0.674 bits per heavy atom. The maximum absolute atomic E-state index is 13.8. The predicted molar refractivity (Wildman–Crippen MR) is 161 cm³/mol. The molecule has 0 aliphatic carbocycles. The van der Waals surface area contributed by atoms with Crippen LogP contribution in [-0.4, -0.2) is 40.1 Å². The van der Waals surface area contributed by atoms with Crippen molar-refractivity contribution in [3.05, 3.63) is 125 Å². The van der Waals surface area contributed by atoms with E-state index in [0.29, 0.717) is 24.8 Å². The van der Waals surface area contributed by atoms with E-state index in [-0.39, 0.29) is 11.1 Å². The Morgan fingerprint density at radius 3 is 1.56 bits per heavy atom. The van der Waals surface area contributed by atoms with Gasteiger partial charge in [0.1, 0.15) is 29.0 Å². The monoisotopic (exact) mass is 596 g/mol. The Balaban J connectivity index is 0.000000248. The summed E-state index contributed by atoms with van der Waals surface area (Å²) >= 11 is 0. The van der Waals surface area contributed by atoms with Crippen molar-refractivity contribution in [2.24, 2.45) is 5.73 Å². The molecule has 0 heterocycles. The van der Waals surface area contributed by atoms with Gasteiger partial charge in [-0.25, -0.2) is 13.2 Å². The number of methoxy groups -OCH3 is 2. The van der Waals surface area contributed by atoms with Crippen LogP contribution in [0.2, 0.25) is 0 Å². The summed E-state index contributed by atoms with van der Waals surface area (Å²) in [7, 11) is 6.12. The molecule has 0 spiro atoms. The Morgan fingerprint density at radius 2 is 1.14 bits per heavy atom. The number of amides is 2. The van der Waals surface area contributed by atoms with E-state index in [0.717, 1.165) is 34.8 Å². The van der Waals surface area contributed by atoms with Crippen molar-refractivity contribution >= 4 is 17.5 Å². The lowest BCUT2D eigenvalue weighted by molar-refractivity contribution is 0.0950. The Labute approximate surface area is 249 Å². The largest absolute Gasteiger partial charge is 0.497 e. The minimum atomic E-state index is -0.852. The van der Waals surface area contributed by atoms with Gasteiger partial charge in [0.15, 0.2) is 0 Å². The molecule has 0 aliphatic rings. The number of rotatable bonds is 8. The summed E-state index contributed by atoms with van der Waals surface area (Å²) in [5, 5.41) is 7.75. The lowest BCUT2D eigenvalue weighted by Crippen LogP contribution is -2.19. The number of nitrogens with two attached hydrogens (primary N) is 1. The summed E-state index contributed by atoms with van der Waals surface area (Å²) in [5.74, 6) is -1.43. The zero-order valence-corrected chi connectivity index (χ0v) is 24.3. The molecule has 0 fully saturated rings. The SMILES string of the molecule is CNC(=O)c1ccc(F)cc1F.CNC(=O)c1ccc(NCc2ccc(OC)cc2)cc1F.COc1ccc(CN)cc1. The summed E-state index contributed by atoms with van der Waals surface area (Å²) < 4.78 is 49.0. The molecule has 0 bridgehead atoms. The van der Waals surface area contributed by atoms with Crippen molar-refractivity contribution in [1.29, 1.82) is 0 Å². The van der Waals surface area contributed by atoms with Crippen LogP contribution in [0.15, 0.2) is 84.9 Å². The second kappa shape index (κ2) is 17.7. The molecule has 43 heavy (non-hydrogen) atoms. The number of anilines is 1. The second-order valence-corrected chi connectivity index (χ2v) is 8.73. The highest BCUT2D eigenvalue weighted by atomic mass is 19.1. The van der Waals surface area contributed by atoms with Crippen molar-refractivity contribution < 1.29 is 32.2 Å². The van der Waals surface area contributed by atoms with Crippen molar-refractivity contribution in [2.75, 3.05) is 33.6 Å². The summed E-state index contributed by atoms with van der Waals surface area (Å²) in [6, 6.07) is 22.6. The normalized spacial score (nSPS) is 9.77. The van der Waals surface area contributed by atoms with Gasteiger partial charge in [0.05, 0.1) is 25.3 Å². The van der Waals surface area contributed by atoms with Crippen LogP contribution in [-0.2, 0) is 13.1 Å². The minimum absolute atomic E-state index is 0.0347. The Bertz CT molecular complexity index is 1440. The first-order chi connectivity index (χ1) is 20.6. The first kappa shape index (κ1) is 34.2. The van der Waals surface area contributed by atoms with Gasteiger partial charge in [0.25, 0.3) is 11.8 Å². The lowest BCUT2D eigenvalue weighted by Gasteiger charge is -2.09. The molecule has 0 radical (unpaired) electrons. The maximum atomic E-state index is 13.8. The zero-order valence-electron chi connectivity index (χ0n) is 24.3. The molecule has 8 nitrogen and oxygen atoms in total. The third kappa shape index (κ3) is 11.0. The van der Waals surface area contributed by atoms with Gasteiger partial charge in [0.2, 0.25) is 0 Å². The lowest BCUT2D eigenvalue weighted by atomic mass is 10.1. The second-order valence-electron chi connectivity index (χ2n) is 8.73. The first-order valence-electron chi connectivity index (χ1n) is 13.0. The van der Waals surface area contributed by atoms with Crippen molar-refractivity contribution in [3.63, 3.8) is 0 Å². The first-order valence-corrected chi connectivity index (χ1v) is 13.0. The molecule has 4 rings (SSSR count). The molecule has 0 atom stereocenters. The molecular weight excluding hydrogens is 561 g/mol. The van der Waals surface area contributed by atoms with Crippen molar-refractivity contribution in [2.45, 2.75) is 13.1 Å². The Hall–Kier alpha value is -5.03. The van der Waals surface area contributed by atoms with E-state index in [1.54, 1.807) is 20.3 Å². The van der Waals surface area contributed by atoms with Gasteiger partial charge in [0, 0.05) is 38.9 Å². The quantitative estimate of drug-likeness (QED) is 0.220. The molecule has 5 N–H and O–H groups in total. The highest BCUT2D eigenvalue weighted by Gasteiger charge is 2.11. The number of benzene rings is 4. The number of hydrogen-bond donors (Lipinski definition) is 4. The number of carbonyl (C=O) groups is 2. The third-order valence-corrected chi connectivity index (χ3v) is 5.89. The highest BCUT2D eigenvalue weighted by Crippen LogP contribution is 2.17. The van der Waals surface area contributed by atoms with Gasteiger partial charge in [-0.3, -0.25) is 9.59 Å². The molecule has 4 aromatic rings. The highest BCUT2D eigenvalue weighted by molar-refractivity contribution is 5.94. The predicted octanol–water partition coefficient (Wildman–Crippen LogP) is 5.28. The van der Waals surface area contributed by atoms with Crippen LogP contribution in [0.25, 0.3) is 0 Å². The van der Waals surface area contributed by atoms with Gasteiger partial charge in [-0.15, -0.1) is 0 Å². The van der Waals surface area contributed by atoms with Crippen LogP contribution in [0.1, 0.15) is 31.8 Å². The summed E-state index contributed by atoms with van der Waals surface area (Å²) in [6.45, 7) is 1.15. The summed E-state index contributed by atoms with van der Waals surface area (Å²) in [6.07, 6.45) is 0. The van der Waals surface area contributed by atoms with Gasteiger partial charge >= 0.3 is 0 Å². The number of nitrogens with one attached hydrogen (secondary N) is 3. The van der Waals surface area contributed by atoms with Crippen molar-refractivity contribution in [1.82, 2.24) is 10.6 Å². The van der Waals surface area contributed by atoms with Crippen LogP contribution in [0.3, 0.4) is 0 Å². The van der Waals surface area contributed by atoms with Gasteiger partial charge < -0.3 is 31.2 Å². The number of ether oxygens (including phenoxy) is 2. The average molecular weight is 597 g/mol. The van der Waals surface area contributed by atoms with Gasteiger partial charge in [-0.1, -0.05) is 24.3 Å². The number of hydrogen-bond acceptors (Lipinski definition) is 6. The molecule has 228 valence electrons. The summed E-state index contributed by atoms with van der Waals surface area (Å²) in [5.41, 5.74) is 8.08. The molecule has 0 saturated carbocycles. The van der Waals surface area contributed by atoms with E-state index in [2.05, 4.69) is 16.0 Å². The van der Waals surface area contributed by atoms with Gasteiger partial charge in [-0.2, -0.15) is 0 Å². The summed E-state index contributed by atoms with van der Waals surface area (Å²) in [4.78, 5) is 22.3. The molecule has 0 saturated heterocycles. The number of carbonyl (C=O) groups excluding carboxylic acids is 2. The third-order valence-electron chi connectivity index (χ3n) is 5.89. The van der Waals surface area contributed by atoms with Crippen LogP contribution < -0.4 is 31.2 Å². The van der Waals surface area contributed by atoms with Crippen LogP contribution >= 0.6 is 0 Å². The molecular formula is C32H35F3N4O4. The van der Waals surface area contributed by atoms with E-state index in [4.69, 9.17) is 15.2 Å². The fourth-order valence-corrected chi connectivity index (χ4v) is 3.46. The van der Waals surface area contributed by atoms with Crippen LogP contribution in [0.4, 0.5) is 18.9 Å². The van der Waals surface area contributed by atoms with E-state index < -0.39 is 29.3 Å². The average Bonchev–Trinajstić information content (AvgIpc) is 3.04. The Kier molecular flexibility index (Phi) is 14.1. The topological polar surface area (TPSA) is 115 Å². The molecule has 11 heteroatoms. The molecule has 0 aliphatic heterocycles. The van der Waals surface area contributed by atoms with E-state index in [9.17, 15) is 22.8 Å². The van der Waals surface area contributed by atoms with Crippen LogP contribution in [0, 0.1) is 17.5 Å².